The molecular weight excluding hydrogens is 204 g/mol. The smallest absolute Gasteiger partial charge is 0.133 e. The molecule has 2 nitrogen and oxygen atoms in total. The SMILES string of the molecule is CC(C)(C)Cc1nc(=S)c2c([nH]1)CCC2. The summed E-state index contributed by atoms with van der Waals surface area (Å²) in [6.45, 7) is 6.66. The first-order chi connectivity index (χ1) is 6.96. The highest BCUT2D eigenvalue weighted by molar-refractivity contribution is 7.71. The predicted molar refractivity (Wildman–Crippen MR) is 64.6 cm³/mol. The van der Waals surface area contributed by atoms with Gasteiger partial charge in [-0.2, -0.15) is 0 Å². The molecule has 0 bridgehead atoms. The van der Waals surface area contributed by atoms with Crippen LogP contribution in [0.25, 0.3) is 0 Å². The predicted octanol–water partition coefficient (Wildman–Crippen LogP) is 3.22. The van der Waals surface area contributed by atoms with Gasteiger partial charge < -0.3 is 4.98 Å². The van der Waals surface area contributed by atoms with Crippen molar-refractivity contribution >= 4 is 12.2 Å². The summed E-state index contributed by atoms with van der Waals surface area (Å²) in [5, 5.41) is 0. The van der Waals surface area contributed by atoms with E-state index in [0.717, 1.165) is 29.7 Å². The van der Waals surface area contributed by atoms with Crippen LogP contribution in [0.3, 0.4) is 0 Å². The molecule has 1 aromatic heterocycles. The van der Waals surface area contributed by atoms with E-state index in [0.29, 0.717) is 0 Å². The Morgan fingerprint density at radius 1 is 1.33 bits per heavy atom. The maximum Gasteiger partial charge on any atom is 0.133 e. The van der Waals surface area contributed by atoms with Crippen LogP contribution in [-0.4, -0.2) is 9.97 Å². The molecule has 0 amide bonds. The van der Waals surface area contributed by atoms with Crippen LogP contribution in [-0.2, 0) is 19.3 Å². The molecule has 0 aliphatic heterocycles. The van der Waals surface area contributed by atoms with E-state index >= 15 is 0 Å². The first-order valence-electron chi connectivity index (χ1n) is 5.57. The summed E-state index contributed by atoms with van der Waals surface area (Å²) in [7, 11) is 0. The monoisotopic (exact) mass is 222 g/mol. The van der Waals surface area contributed by atoms with Crippen LogP contribution in [0.15, 0.2) is 0 Å². The Morgan fingerprint density at radius 2 is 2.07 bits per heavy atom. The molecule has 1 aliphatic carbocycles. The topological polar surface area (TPSA) is 28.7 Å². The molecule has 0 saturated carbocycles. The van der Waals surface area contributed by atoms with Gasteiger partial charge >= 0.3 is 0 Å². The molecule has 0 atom stereocenters. The molecule has 0 aromatic carbocycles. The lowest BCUT2D eigenvalue weighted by Crippen LogP contribution is -2.13. The number of fused-ring (bicyclic) bond motifs is 1. The number of H-pyrrole nitrogens is 1. The van der Waals surface area contributed by atoms with Gasteiger partial charge in [0.2, 0.25) is 0 Å². The second-order valence-electron chi connectivity index (χ2n) is 5.54. The lowest BCUT2D eigenvalue weighted by molar-refractivity contribution is 0.400. The van der Waals surface area contributed by atoms with Crippen molar-refractivity contribution in [2.75, 3.05) is 0 Å². The first-order valence-corrected chi connectivity index (χ1v) is 5.97. The molecule has 3 heteroatoms. The summed E-state index contributed by atoms with van der Waals surface area (Å²) in [5.74, 6) is 1.05. The Labute approximate surface area is 96.1 Å². The van der Waals surface area contributed by atoms with E-state index in [1.807, 2.05) is 0 Å². The minimum absolute atomic E-state index is 0.262. The van der Waals surface area contributed by atoms with Crippen molar-refractivity contribution in [1.82, 2.24) is 9.97 Å². The highest BCUT2D eigenvalue weighted by Crippen LogP contribution is 2.23. The zero-order valence-electron chi connectivity index (χ0n) is 9.68. The second kappa shape index (κ2) is 3.71. The Kier molecular flexibility index (Phi) is 2.67. The lowest BCUT2D eigenvalue weighted by atomic mass is 9.92. The third-order valence-electron chi connectivity index (χ3n) is 2.71. The van der Waals surface area contributed by atoms with Gasteiger partial charge in [0.15, 0.2) is 0 Å². The Hall–Kier alpha value is -0.700. The van der Waals surface area contributed by atoms with Crippen LogP contribution in [0.4, 0.5) is 0 Å². The third kappa shape index (κ3) is 2.46. The van der Waals surface area contributed by atoms with Gasteiger partial charge in [0.1, 0.15) is 10.5 Å². The molecular formula is C12H18N2S. The molecule has 0 unspecified atom stereocenters. The van der Waals surface area contributed by atoms with Gasteiger partial charge in [-0.3, -0.25) is 0 Å². The van der Waals surface area contributed by atoms with Crippen molar-refractivity contribution in [3.8, 4) is 0 Å². The Morgan fingerprint density at radius 3 is 2.73 bits per heavy atom. The number of rotatable bonds is 1. The van der Waals surface area contributed by atoms with Crippen molar-refractivity contribution in [2.24, 2.45) is 5.41 Å². The van der Waals surface area contributed by atoms with Crippen molar-refractivity contribution in [1.29, 1.82) is 0 Å². The fraction of sp³-hybridized carbons (Fsp3) is 0.667. The van der Waals surface area contributed by atoms with Gasteiger partial charge in [-0.05, 0) is 24.7 Å². The van der Waals surface area contributed by atoms with E-state index in [9.17, 15) is 0 Å². The van der Waals surface area contributed by atoms with Crippen LogP contribution >= 0.6 is 12.2 Å². The molecule has 1 aromatic rings. The lowest BCUT2D eigenvalue weighted by Gasteiger charge is -2.17. The molecule has 1 aliphatic rings. The third-order valence-corrected chi connectivity index (χ3v) is 3.04. The van der Waals surface area contributed by atoms with Crippen LogP contribution in [0.2, 0.25) is 0 Å². The van der Waals surface area contributed by atoms with Crippen LogP contribution in [0.5, 0.6) is 0 Å². The van der Waals surface area contributed by atoms with Gasteiger partial charge in [0.05, 0.1) is 0 Å². The van der Waals surface area contributed by atoms with Crippen molar-refractivity contribution in [3.63, 3.8) is 0 Å². The van der Waals surface area contributed by atoms with Crippen molar-refractivity contribution < 1.29 is 0 Å². The summed E-state index contributed by atoms with van der Waals surface area (Å²) in [6, 6.07) is 0. The summed E-state index contributed by atoms with van der Waals surface area (Å²) >= 11 is 5.32. The van der Waals surface area contributed by atoms with E-state index in [-0.39, 0.29) is 5.41 Å². The van der Waals surface area contributed by atoms with Gasteiger partial charge in [-0.1, -0.05) is 33.0 Å². The van der Waals surface area contributed by atoms with Gasteiger partial charge in [0, 0.05) is 17.7 Å². The average molecular weight is 222 g/mol. The van der Waals surface area contributed by atoms with Crippen molar-refractivity contribution in [3.05, 3.63) is 21.7 Å². The van der Waals surface area contributed by atoms with E-state index < -0.39 is 0 Å². The zero-order chi connectivity index (χ0) is 11.1. The number of aromatic amines is 1. The van der Waals surface area contributed by atoms with Gasteiger partial charge in [-0.25, -0.2) is 4.98 Å². The summed E-state index contributed by atoms with van der Waals surface area (Å²) in [6.07, 6.45) is 4.42. The summed E-state index contributed by atoms with van der Waals surface area (Å²) in [5.41, 5.74) is 2.87. The van der Waals surface area contributed by atoms with Gasteiger partial charge in [-0.15, -0.1) is 0 Å². The Bertz CT molecular complexity index is 426. The molecule has 1 heterocycles. The average Bonchev–Trinajstić information content (AvgIpc) is 2.48. The molecule has 2 rings (SSSR count). The Balaban J connectivity index is 2.36. The van der Waals surface area contributed by atoms with E-state index in [1.165, 1.54) is 17.7 Å². The largest absolute Gasteiger partial charge is 0.347 e. The van der Waals surface area contributed by atoms with Crippen molar-refractivity contribution in [2.45, 2.75) is 46.5 Å². The fourth-order valence-corrected chi connectivity index (χ4v) is 2.43. The van der Waals surface area contributed by atoms with Crippen LogP contribution in [0, 0.1) is 10.1 Å². The number of aromatic nitrogens is 2. The normalized spacial score (nSPS) is 15.4. The first kappa shape index (κ1) is 10.8. The molecule has 1 N–H and O–H groups in total. The standard InChI is InChI=1S/C12H18N2S/c1-12(2,3)7-10-13-9-6-4-5-8(9)11(15)14-10/h4-7H2,1-3H3,(H,13,14,15). The number of aryl methyl sites for hydroxylation is 1. The summed E-state index contributed by atoms with van der Waals surface area (Å²) in [4.78, 5) is 7.93. The molecule has 0 saturated heterocycles. The maximum absolute atomic E-state index is 5.32. The van der Waals surface area contributed by atoms with Crippen LogP contribution in [0.1, 0.15) is 44.3 Å². The van der Waals surface area contributed by atoms with Gasteiger partial charge in [0.25, 0.3) is 0 Å². The maximum atomic E-state index is 5.32. The second-order valence-corrected chi connectivity index (χ2v) is 5.92. The molecule has 0 spiro atoms. The molecule has 0 radical (unpaired) electrons. The highest BCUT2D eigenvalue weighted by Gasteiger charge is 2.17. The number of hydrogen-bond donors (Lipinski definition) is 1. The minimum atomic E-state index is 0.262. The molecule has 82 valence electrons. The number of nitrogens with zero attached hydrogens (tertiary/aromatic N) is 1. The van der Waals surface area contributed by atoms with Crippen LogP contribution < -0.4 is 0 Å². The number of nitrogens with one attached hydrogen (secondary N) is 1. The number of hydrogen-bond acceptors (Lipinski definition) is 2. The zero-order valence-corrected chi connectivity index (χ0v) is 10.5. The van der Waals surface area contributed by atoms with E-state index in [1.54, 1.807) is 0 Å². The molecule has 0 fully saturated rings. The molecule has 15 heavy (non-hydrogen) atoms. The minimum Gasteiger partial charge on any atom is -0.347 e. The highest BCUT2D eigenvalue weighted by atomic mass is 32.1. The van der Waals surface area contributed by atoms with E-state index in [4.69, 9.17) is 12.2 Å². The summed E-state index contributed by atoms with van der Waals surface area (Å²) < 4.78 is 0.820. The fourth-order valence-electron chi connectivity index (χ4n) is 2.10. The quantitative estimate of drug-likeness (QED) is 0.739. The van der Waals surface area contributed by atoms with E-state index in [2.05, 4.69) is 30.7 Å².